The summed E-state index contributed by atoms with van der Waals surface area (Å²) >= 11 is 0. The third kappa shape index (κ3) is 4.39. The maximum atomic E-state index is 11.8. The minimum absolute atomic E-state index is 0.155. The number of amides is 1. The molecule has 1 aromatic carbocycles. The molecule has 0 saturated carbocycles. The van der Waals surface area contributed by atoms with Gasteiger partial charge in [-0.2, -0.15) is 5.10 Å². The van der Waals surface area contributed by atoms with Crippen LogP contribution in [0, 0.1) is 0 Å². The molecule has 6 heteroatoms. The Labute approximate surface area is 128 Å². The van der Waals surface area contributed by atoms with Gasteiger partial charge in [0.15, 0.2) is 0 Å². The summed E-state index contributed by atoms with van der Waals surface area (Å²) in [5.41, 5.74) is 4.15. The smallest absolute Gasteiger partial charge is 0.272 e. The molecule has 114 valence electrons. The molecule has 0 aliphatic carbocycles. The first-order valence-electron chi connectivity index (χ1n) is 6.85. The van der Waals surface area contributed by atoms with Gasteiger partial charge in [0.05, 0.1) is 30.7 Å². The molecular weight excluding hydrogens is 282 g/mol. The molecule has 2 aromatic rings. The number of carbonyl (C=O) groups excluding carboxylic acids is 1. The van der Waals surface area contributed by atoms with Gasteiger partial charge in [0, 0.05) is 6.20 Å². The molecule has 0 aliphatic rings. The Morgan fingerprint density at radius 2 is 2.09 bits per heavy atom. The van der Waals surface area contributed by atoms with Crippen LogP contribution in [-0.2, 0) is 6.61 Å². The molecule has 0 saturated heterocycles. The maximum Gasteiger partial charge on any atom is 0.272 e. The highest BCUT2D eigenvalue weighted by Gasteiger charge is 2.04. The van der Waals surface area contributed by atoms with Crippen LogP contribution >= 0.6 is 0 Å². The van der Waals surface area contributed by atoms with Crippen molar-refractivity contribution in [2.24, 2.45) is 5.10 Å². The Balaban J connectivity index is 1.91. The van der Waals surface area contributed by atoms with Crippen molar-refractivity contribution in [2.75, 3.05) is 6.61 Å². The number of hydrogen-bond acceptors (Lipinski definition) is 5. The Kier molecular flexibility index (Phi) is 5.62. The van der Waals surface area contributed by atoms with Gasteiger partial charge >= 0.3 is 0 Å². The van der Waals surface area contributed by atoms with Gasteiger partial charge in [0.25, 0.3) is 5.91 Å². The van der Waals surface area contributed by atoms with Crippen molar-refractivity contribution in [1.82, 2.24) is 10.4 Å². The lowest BCUT2D eigenvalue weighted by Crippen LogP contribution is -2.17. The van der Waals surface area contributed by atoms with Crippen LogP contribution in [0.2, 0.25) is 0 Å². The highest BCUT2D eigenvalue weighted by Crippen LogP contribution is 2.10. The summed E-state index contributed by atoms with van der Waals surface area (Å²) in [7, 11) is 0. The van der Waals surface area contributed by atoms with Crippen LogP contribution in [-0.4, -0.2) is 28.8 Å². The number of nitrogens with one attached hydrogen (secondary N) is 1. The van der Waals surface area contributed by atoms with E-state index in [1.807, 2.05) is 31.2 Å². The highest BCUT2D eigenvalue weighted by atomic mass is 16.5. The molecule has 6 nitrogen and oxygen atoms in total. The van der Waals surface area contributed by atoms with E-state index in [1.54, 1.807) is 18.3 Å². The van der Waals surface area contributed by atoms with Crippen LogP contribution in [0.3, 0.4) is 0 Å². The molecule has 0 radical (unpaired) electrons. The lowest BCUT2D eigenvalue weighted by atomic mass is 10.2. The Morgan fingerprint density at radius 1 is 1.32 bits per heavy atom. The summed E-state index contributed by atoms with van der Waals surface area (Å²) in [5.74, 6) is 0.429. The number of nitrogens with zero attached hydrogens (tertiary/aromatic N) is 2. The zero-order valence-electron chi connectivity index (χ0n) is 12.2. The van der Waals surface area contributed by atoms with Gasteiger partial charge in [-0.15, -0.1) is 0 Å². The van der Waals surface area contributed by atoms with E-state index in [9.17, 15) is 4.79 Å². The van der Waals surface area contributed by atoms with Gasteiger partial charge in [0.1, 0.15) is 5.75 Å². The lowest BCUT2D eigenvalue weighted by Gasteiger charge is -2.02. The van der Waals surface area contributed by atoms with Crippen molar-refractivity contribution in [1.29, 1.82) is 0 Å². The van der Waals surface area contributed by atoms with E-state index in [1.165, 1.54) is 6.20 Å². The molecule has 2 rings (SSSR count). The zero-order valence-corrected chi connectivity index (χ0v) is 12.2. The van der Waals surface area contributed by atoms with Crippen molar-refractivity contribution < 1.29 is 14.6 Å². The van der Waals surface area contributed by atoms with Crippen molar-refractivity contribution >= 4 is 12.1 Å². The molecule has 22 heavy (non-hydrogen) atoms. The topological polar surface area (TPSA) is 83.8 Å². The fourth-order valence-electron chi connectivity index (χ4n) is 1.70. The summed E-state index contributed by atoms with van der Waals surface area (Å²) in [6, 6.07) is 10.5. The van der Waals surface area contributed by atoms with Gasteiger partial charge < -0.3 is 9.84 Å². The maximum absolute atomic E-state index is 11.8. The largest absolute Gasteiger partial charge is 0.494 e. The highest BCUT2D eigenvalue weighted by molar-refractivity contribution is 5.94. The van der Waals surface area contributed by atoms with E-state index in [-0.39, 0.29) is 12.5 Å². The van der Waals surface area contributed by atoms with E-state index < -0.39 is 0 Å². The predicted octanol–water partition coefficient (Wildman–Crippen LogP) is 1.74. The van der Waals surface area contributed by atoms with Crippen molar-refractivity contribution in [3.8, 4) is 5.75 Å². The number of carbonyl (C=O) groups is 1. The molecule has 0 spiro atoms. The fourth-order valence-corrected chi connectivity index (χ4v) is 1.70. The van der Waals surface area contributed by atoms with Crippen LogP contribution in [0.4, 0.5) is 0 Å². The summed E-state index contributed by atoms with van der Waals surface area (Å²) in [6.07, 6.45) is 2.94. The Bertz CT molecular complexity index is 637. The number of aliphatic hydroxyl groups excluding tert-OH is 1. The lowest BCUT2D eigenvalue weighted by molar-refractivity contribution is 0.0954. The van der Waals surface area contributed by atoms with Gasteiger partial charge in [-0.05, 0) is 48.9 Å². The Hall–Kier alpha value is -2.73. The van der Waals surface area contributed by atoms with Crippen LogP contribution in [0.15, 0.2) is 47.7 Å². The molecule has 0 bridgehead atoms. The average molecular weight is 299 g/mol. The number of hydrogen-bond donors (Lipinski definition) is 2. The molecule has 0 aliphatic heterocycles. The second-order valence-corrected chi connectivity index (χ2v) is 4.40. The summed E-state index contributed by atoms with van der Waals surface area (Å²) in [4.78, 5) is 15.8. The molecule has 1 aromatic heterocycles. The van der Waals surface area contributed by atoms with Crippen molar-refractivity contribution in [3.63, 3.8) is 0 Å². The molecular formula is C16H17N3O3. The van der Waals surface area contributed by atoms with E-state index in [0.29, 0.717) is 17.9 Å². The SMILES string of the molecule is CCOc1ccc(/C=N\NC(=O)c2ccc(CO)nc2)cc1. The number of rotatable bonds is 6. The number of ether oxygens (including phenoxy) is 1. The molecule has 2 N–H and O–H groups in total. The molecule has 0 atom stereocenters. The molecule has 0 unspecified atom stereocenters. The molecule has 1 heterocycles. The van der Waals surface area contributed by atoms with E-state index in [4.69, 9.17) is 9.84 Å². The first-order chi connectivity index (χ1) is 10.7. The minimum atomic E-state index is -0.362. The second kappa shape index (κ2) is 7.90. The monoisotopic (exact) mass is 299 g/mol. The quantitative estimate of drug-likeness (QED) is 0.628. The number of aromatic nitrogens is 1. The third-order valence-electron chi connectivity index (χ3n) is 2.82. The van der Waals surface area contributed by atoms with Gasteiger partial charge in [-0.1, -0.05) is 0 Å². The van der Waals surface area contributed by atoms with Crippen molar-refractivity contribution in [3.05, 3.63) is 59.4 Å². The van der Waals surface area contributed by atoms with Crippen LogP contribution in [0.1, 0.15) is 28.5 Å². The number of hydrazone groups is 1. The third-order valence-corrected chi connectivity index (χ3v) is 2.82. The van der Waals surface area contributed by atoms with E-state index in [2.05, 4.69) is 15.5 Å². The van der Waals surface area contributed by atoms with Gasteiger partial charge in [-0.3, -0.25) is 9.78 Å². The minimum Gasteiger partial charge on any atom is -0.494 e. The summed E-state index contributed by atoms with van der Waals surface area (Å²) < 4.78 is 5.34. The fraction of sp³-hybridized carbons (Fsp3) is 0.188. The standard InChI is InChI=1S/C16H17N3O3/c1-2-22-15-7-3-12(4-8-15)9-18-19-16(21)13-5-6-14(11-20)17-10-13/h3-10,20H,2,11H2,1H3,(H,19,21)/b18-9-. The van der Waals surface area contributed by atoms with Gasteiger partial charge in [-0.25, -0.2) is 5.43 Å². The average Bonchev–Trinajstić information content (AvgIpc) is 2.56. The zero-order chi connectivity index (χ0) is 15.8. The Morgan fingerprint density at radius 3 is 2.68 bits per heavy atom. The number of aliphatic hydroxyl groups is 1. The number of pyridine rings is 1. The van der Waals surface area contributed by atoms with Gasteiger partial charge in [0.2, 0.25) is 0 Å². The predicted molar refractivity (Wildman–Crippen MR) is 82.8 cm³/mol. The first-order valence-corrected chi connectivity index (χ1v) is 6.85. The van der Waals surface area contributed by atoms with Crippen LogP contribution in [0.5, 0.6) is 5.75 Å². The summed E-state index contributed by atoms with van der Waals surface area (Å²) in [5, 5.41) is 12.8. The van der Waals surface area contributed by atoms with Crippen LogP contribution < -0.4 is 10.2 Å². The normalized spacial score (nSPS) is 10.6. The molecule has 1 amide bonds. The first kappa shape index (κ1) is 15.7. The number of benzene rings is 1. The summed E-state index contributed by atoms with van der Waals surface area (Å²) in [6.45, 7) is 2.39. The molecule has 0 fully saturated rings. The van der Waals surface area contributed by atoms with E-state index in [0.717, 1.165) is 11.3 Å². The second-order valence-electron chi connectivity index (χ2n) is 4.40. The van der Waals surface area contributed by atoms with E-state index >= 15 is 0 Å². The van der Waals surface area contributed by atoms with Crippen LogP contribution in [0.25, 0.3) is 0 Å². The van der Waals surface area contributed by atoms with Crippen molar-refractivity contribution in [2.45, 2.75) is 13.5 Å².